The Balaban J connectivity index is 2.05. The highest BCUT2D eigenvalue weighted by Gasteiger charge is 2.33. The quantitative estimate of drug-likeness (QED) is 0.822. The highest BCUT2D eigenvalue weighted by atomic mass is 16.5. The van der Waals surface area contributed by atoms with Gasteiger partial charge in [-0.1, -0.05) is 12.1 Å². The first kappa shape index (κ1) is 13.1. The van der Waals surface area contributed by atoms with Crippen molar-refractivity contribution < 1.29 is 9.53 Å². The molecule has 3 nitrogen and oxygen atoms in total. The lowest BCUT2D eigenvalue weighted by molar-refractivity contribution is -0.125. The van der Waals surface area contributed by atoms with E-state index < -0.39 is 0 Å². The van der Waals surface area contributed by atoms with Crippen LogP contribution >= 0.6 is 0 Å². The number of likely N-dealkylation sites (tertiary alicyclic amines) is 1. The van der Waals surface area contributed by atoms with Crippen molar-refractivity contribution >= 4 is 5.78 Å². The van der Waals surface area contributed by atoms with Crippen LogP contribution in [0.4, 0.5) is 0 Å². The molecule has 0 aliphatic carbocycles. The standard InChI is InChI=1S/C15H21NO2/c1-15(2)10-13(17)8-9-16(15)11-12-4-6-14(18-3)7-5-12/h4-7H,8-11H2,1-3H3. The summed E-state index contributed by atoms with van der Waals surface area (Å²) in [5, 5.41) is 0. The van der Waals surface area contributed by atoms with Crippen LogP contribution < -0.4 is 4.74 Å². The predicted octanol–water partition coefficient (Wildman–Crippen LogP) is 2.64. The van der Waals surface area contributed by atoms with E-state index in [2.05, 4.69) is 30.9 Å². The van der Waals surface area contributed by atoms with E-state index in [0.29, 0.717) is 18.6 Å². The number of ether oxygens (including phenoxy) is 1. The second kappa shape index (κ2) is 5.11. The molecule has 1 aliphatic rings. The first-order valence-corrected chi connectivity index (χ1v) is 6.41. The molecule has 1 aromatic rings. The molecule has 0 N–H and O–H groups in total. The van der Waals surface area contributed by atoms with Gasteiger partial charge in [-0.25, -0.2) is 0 Å². The molecular weight excluding hydrogens is 226 g/mol. The Hall–Kier alpha value is -1.35. The van der Waals surface area contributed by atoms with Crippen LogP contribution in [0.25, 0.3) is 0 Å². The van der Waals surface area contributed by atoms with Gasteiger partial charge in [-0.05, 0) is 31.5 Å². The van der Waals surface area contributed by atoms with Crippen LogP contribution in [0, 0.1) is 0 Å². The van der Waals surface area contributed by atoms with Gasteiger partial charge in [0, 0.05) is 31.5 Å². The molecule has 0 bridgehead atoms. The average molecular weight is 247 g/mol. The minimum atomic E-state index is -0.0325. The summed E-state index contributed by atoms with van der Waals surface area (Å²) < 4.78 is 5.16. The number of hydrogen-bond acceptors (Lipinski definition) is 3. The molecule has 2 rings (SSSR count). The summed E-state index contributed by atoms with van der Waals surface area (Å²) in [6, 6.07) is 8.14. The summed E-state index contributed by atoms with van der Waals surface area (Å²) in [7, 11) is 1.67. The first-order chi connectivity index (χ1) is 8.51. The van der Waals surface area contributed by atoms with Gasteiger partial charge < -0.3 is 4.74 Å². The van der Waals surface area contributed by atoms with Crippen molar-refractivity contribution in [1.29, 1.82) is 0 Å². The zero-order valence-electron chi connectivity index (χ0n) is 11.4. The number of hydrogen-bond donors (Lipinski definition) is 0. The Labute approximate surface area is 109 Å². The van der Waals surface area contributed by atoms with Crippen molar-refractivity contribution in [1.82, 2.24) is 4.90 Å². The van der Waals surface area contributed by atoms with Crippen LogP contribution in [0.3, 0.4) is 0 Å². The van der Waals surface area contributed by atoms with E-state index >= 15 is 0 Å². The number of carbonyl (C=O) groups excluding carboxylic acids is 1. The van der Waals surface area contributed by atoms with Crippen LogP contribution in [0.5, 0.6) is 5.75 Å². The number of rotatable bonds is 3. The van der Waals surface area contributed by atoms with Crippen LogP contribution in [0.1, 0.15) is 32.3 Å². The fourth-order valence-corrected chi connectivity index (χ4v) is 2.49. The molecule has 18 heavy (non-hydrogen) atoms. The molecule has 0 unspecified atom stereocenters. The largest absolute Gasteiger partial charge is 0.497 e. The number of ketones is 1. The Morgan fingerprint density at radius 1 is 1.28 bits per heavy atom. The Morgan fingerprint density at radius 3 is 2.50 bits per heavy atom. The molecule has 98 valence electrons. The van der Waals surface area contributed by atoms with Gasteiger partial charge in [0.05, 0.1) is 7.11 Å². The van der Waals surface area contributed by atoms with E-state index in [9.17, 15) is 4.79 Å². The van der Waals surface area contributed by atoms with E-state index in [1.54, 1.807) is 7.11 Å². The fourth-order valence-electron chi connectivity index (χ4n) is 2.49. The molecule has 1 aliphatic heterocycles. The topological polar surface area (TPSA) is 29.5 Å². The Bertz CT molecular complexity index is 423. The van der Waals surface area contributed by atoms with Crippen molar-refractivity contribution in [2.24, 2.45) is 0 Å². The lowest BCUT2D eigenvalue weighted by Gasteiger charge is -2.41. The number of benzene rings is 1. The van der Waals surface area contributed by atoms with Crippen LogP contribution in [0.2, 0.25) is 0 Å². The second-order valence-corrected chi connectivity index (χ2v) is 5.55. The molecule has 0 spiro atoms. The monoisotopic (exact) mass is 247 g/mol. The third-order valence-corrected chi connectivity index (χ3v) is 3.68. The third kappa shape index (κ3) is 2.91. The number of piperidine rings is 1. The van der Waals surface area contributed by atoms with Crippen molar-refractivity contribution in [3.05, 3.63) is 29.8 Å². The smallest absolute Gasteiger partial charge is 0.136 e. The van der Waals surface area contributed by atoms with Crippen LogP contribution in [-0.4, -0.2) is 29.9 Å². The predicted molar refractivity (Wildman–Crippen MR) is 71.7 cm³/mol. The first-order valence-electron chi connectivity index (χ1n) is 6.41. The summed E-state index contributed by atoms with van der Waals surface area (Å²) in [6.07, 6.45) is 1.34. The molecule has 3 heteroatoms. The highest BCUT2D eigenvalue weighted by Crippen LogP contribution is 2.27. The summed E-state index contributed by atoms with van der Waals surface area (Å²) >= 11 is 0. The molecule has 0 saturated carbocycles. The minimum Gasteiger partial charge on any atom is -0.497 e. The normalized spacial score (nSPS) is 19.8. The van der Waals surface area contributed by atoms with Crippen molar-refractivity contribution in [3.8, 4) is 5.75 Å². The maximum atomic E-state index is 11.5. The van der Waals surface area contributed by atoms with Gasteiger partial charge >= 0.3 is 0 Å². The highest BCUT2D eigenvalue weighted by molar-refractivity contribution is 5.80. The zero-order valence-corrected chi connectivity index (χ0v) is 11.4. The molecule has 0 aromatic heterocycles. The van der Waals surface area contributed by atoms with Gasteiger partial charge in [0.25, 0.3) is 0 Å². The molecule has 1 aromatic carbocycles. The molecular formula is C15H21NO2. The number of methoxy groups -OCH3 is 1. The van der Waals surface area contributed by atoms with Gasteiger partial charge in [0.2, 0.25) is 0 Å². The summed E-state index contributed by atoms with van der Waals surface area (Å²) in [5.41, 5.74) is 1.23. The van der Waals surface area contributed by atoms with Crippen molar-refractivity contribution in [3.63, 3.8) is 0 Å². The molecule has 0 atom stereocenters. The fraction of sp³-hybridized carbons (Fsp3) is 0.533. The average Bonchev–Trinajstić information content (AvgIpc) is 2.33. The molecule has 1 heterocycles. The maximum Gasteiger partial charge on any atom is 0.136 e. The summed E-state index contributed by atoms with van der Waals surface area (Å²) in [4.78, 5) is 13.9. The Morgan fingerprint density at radius 2 is 1.94 bits per heavy atom. The van der Waals surface area contributed by atoms with Gasteiger partial charge in [-0.3, -0.25) is 9.69 Å². The summed E-state index contributed by atoms with van der Waals surface area (Å²) in [6.45, 7) is 6.04. The molecule has 1 saturated heterocycles. The van der Waals surface area contributed by atoms with E-state index in [0.717, 1.165) is 18.8 Å². The number of carbonyl (C=O) groups is 1. The number of Topliss-reactive ketones (excluding diaryl/α,β-unsaturated/α-hetero) is 1. The number of nitrogens with zero attached hydrogens (tertiary/aromatic N) is 1. The SMILES string of the molecule is COc1ccc(CN2CCC(=O)CC2(C)C)cc1. The molecule has 1 fully saturated rings. The van der Waals surface area contributed by atoms with Crippen LogP contribution in [0.15, 0.2) is 24.3 Å². The Kier molecular flexibility index (Phi) is 3.71. The van der Waals surface area contributed by atoms with Gasteiger partial charge in [0.1, 0.15) is 11.5 Å². The van der Waals surface area contributed by atoms with Crippen LogP contribution in [-0.2, 0) is 11.3 Å². The molecule has 0 amide bonds. The summed E-state index contributed by atoms with van der Waals surface area (Å²) in [5.74, 6) is 1.26. The maximum absolute atomic E-state index is 11.5. The van der Waals surface area contributed by atoms with Gasteiger partial charge in [-0.15, -0.1) is 0 Å². The third-order valence-electron chi connectivity index (χ3n) is 3.68. The van der Waals surface area contributed by atoms with E-state index in [4.69, 9.17) is 4.74 Å². The minimum absolute atomic E-state index is 0.0325. The van der Waals surface area contributed by atoms with Crippen molar-refractivity contribution in [2.45, 2.75) is 38.8 Å². The molecule has 0 radical (unpaired) electrons. The van der Waals surface area contributed by atoms with Crippen molar-refractivity contribution in [2.75, 3.05) is 13.7 Å². The zero-order chi connectivity index (χ0) is 13.2. The van der Waals surface area contributed by atoms with E-state index in [1.807, 2.05) is 12.1 Å². The van der Waals surface area contributed by atoms with Gasteiger partial charge in [-0.2, -0.15) is 0 Å². The lowest BCUT2D eigenvalue weighted by Crippen LogP contribution is -2.49. The van der Waals surface area contributed by atoms with E-state index in [1.165, 1.54) is 5.56 Å². The van der Waals surface area contributed by atoms with Gasteiger partial charge in [0.15, 0.2) is 0 Å². The second-order valence-electron chi connectivity index (χ2n) is 5.55. The van der Waals surface area contributed by atoms with E-state index in [-0.39, 0.29) is 5.54 Å². The lowest BCUT2D eigenvalue weighted by atomic mass is 9.89.